The van der Waals surface area contributed by atoms with Gasteiger partial charge >= 0.3 is 13.7 Å². The molecule has 0 saturated carbocycles. The molecule has 1 amide bonds. The van der Waals surface area contributed by atoms with E-state index in [1.807, 2.05) is 50.5 Å². The summed E-state index contributed by atoms with van der Waals surface area (Å²) in [6.07, 6.45) is 1.24. The molecule has 1 atom stereocenters. The average molecular weight is 483 g/mol. The number of aromatic nitrogens is 2. The standard InChI is InChI=1S/C25H28BF2N3O4/c1-24(2)25(3,4)35-26(34-24)14-9-10-16-18(13-14)31-17(11-12-20(31)30-16)21-15(22(32)29-5)7-6-8-19(21)33-23(27)28/h6-10,13,17,23H,11-12H2,1-5H3,(H,29,32)/t17-/m1/s1. The number of nitrogens with one attached hydrogen (secondary N) is 1. The lowest BCUT2D eigenvalue weighted by atomic mass is 9.79. The largest absolute Gasteiger partial charge is 0.494 e. The maximum atomic E-state index is 13.3. The van der Waals surface area contributed by atoms with Crippen molar-refractivity contribution in [2.45, 2.75) is 64.4 Å². The van der Waals surface area contributed by atoms with E-state index in [4.69, 9.17) is 19.0 Å². The highest BCUT2D eigenvalue weighted by Crippen LogP contribution is 2.42. The first-order valence-electron chi connectivity index (χ1n) is 11.7. The predicted octanol–water partition coefficient (Wildman–Crippen LogP) is 3.83. The summed E-state index contributed by atoms with van der Waals surface area (Å²) >= 11 is 0. The second-order valence-corrected chi connectivity index (χ2v) is 9.96. The van der Waals surface area contributed by atoms with Crippen molar-refractivity contribution in [3.05, 3.63) is 53.3 Å². The zero-order valence-electron chi connectivity index (χ0n) is 20.4. The lowest BCUT2D eigenvalue weighted by molar-refractivity contribution is -0.0507. The molecule has 0 spiro atoms. The molecule has 1 fully saturated rings. The van der Waals surface area contributed by atoms with Gasteiger partial charge in [-0.25, -0.2) is 4.98 Å². The summed E-state index contributed by atoms with van der Waals surface area (Å²) < 4.78 is 45.9. The highest BCUT2D eigenvalue weighted by Gasteiger charge is 2.51. The highest BCUT2D eigenvalue weighted by atomic mass is 19.3. The van der Waals surface area contributed by atoms with Crippen molar-refractivity contribution in [2.24, 2.45) is 0 Å². The maximum Gasteiger partial charge on any atom is 0.494 e. The third-order valence-corrected chi connectivity index (χ3v) is 7.35. The van der Waals surface area contributed by atoms with Crippen LogP contribution in [0.4, 0.5) is 8.78 Å². The number of benzene rings is 2. The molecular formula is C25H28BF2N3O4. The molecule has 7 nitrogen and oxygen atoms in total. The summed E-state index contributed by atoms with van der Waals surface area (Å²) in [5.74, 6) is 0.448. The number of imidazole rings is 1. The van der Waals surface area contributed by atoms with Crippen molar-refractivity contribution in [2.75, 3.05) is 7.05 Å². The summed E-state index contributed by atoms with van der Waals surface area (Å²) in [6, 6.07) is 10.1. The van der Waals surface area contributed by atoms with Gasteiger partial charge in [0.15, 0.2) is 0 Å². The van der Waals surface area contributed by atoms with E-state index < -0.39 is 31.0 Å². The third-order valence-electron chi connectivity index (χ3n) is 7.35. The van der Waals surface area contributed by atoms with Gasteiger partial charge in [-0.05, 0) is 63.8 Å². The Morgan fingerprint density at radius 3 is 2.57 bits per heavy atom. The van der Waals surface area contributed by atoms with Crippen LogP contribution in [0.2, 0.25) is 0 Å². The van der Waals surface area contributed by atoms with Crippen molar-refractivity contribution in [1.82, 2.24) is 14.9 Å². The Morgan fingerprint density at radius 2 is 1.91 bits per heavy atom. The Hall–Kier alpha value is -2.98. The lowest BCUT2D eigenvalue weighted by Gasteiger charge is -2.32. The molecule has 184 valence electrons. The minimum absolute atomic E-state index is 0.0112. The van der Waals surface area contributed by atoms with Crippen LogP contribution in [-0.2, 0) is 15.7 Å². The number of ether oxygens (including phenoxy) is 1. The van der Waals surface area contributed by atoms with Gasteiger partial charge in [-0.3, -0.25) is 4.79 Å². The lowest BCUT2D eigenvalue weighted by Crippen LogP contribution is -2.41. The molecule has 0 bridgehead atoms. The van der Waals surface area contributed by atoms with Gasteiger partial charge < -0.3 is 23.9 Å². The van der Waals surface area contributed by atoms with Crippen molar-refractivity contribution in [1.29, 1.82) is 0 Å². The van der Waals surface area contributed by atoms with Crippen LogP contribution in [0.3, 0.4) is 0 Å². The molecular weight excluding hydrogens is 455 g/mol. The Bertz CT molecular complexity index is 1290. The Kier molecular flexibility index (Phi) is 5.64. The molecule has 3 heterocycles. The summed E-state index contributed by atoms with van der Waals surface area (Å²) in [5, 5.41) is 2.60. The molecule has 2 aliphatic heterocycles. The quantitative estimate of drug-likeness (QED) is 0.559. The Labute approximate surface area is 202 Å². The molecule has 0 radical (unpaired) electrons. The summed E-state index contributed by atoms with van der Waals surface area (Å²) in [7, 11) is 0.960. The number of aryl methyl sites for hydroxylation is 1. The van der Waals surface area contributed by atoms with E-state index in [0.29, 0.717) is 24.0 Å². The SMILES string of the molecule is CNC(=O)c1cccc(OC(F)F)c1[C@H]1CCc2nc3ccc(B4OC(C)(C)C(C)(C)O4)cc3n21. The van der Waals surface area contributed by atoms with Crippen LogP contribution in [0.25, 0.3) is 11.0 Å². The number of halogens is 2. The number of amides is 1. The average Bonchev–Trinajstić information content (AvgIpc) is 3.42. The van der Waals surface area contributed by atoms with Gasteiger partial charge in [-0.2, -0.15) is 8.78 Å². The molecule has 1 N–H and O–H groups in total. The first-order chi connectivity index (χ1) is 16.5. The van der Waals surface area contributed by atoms with E-state index in [1.54, 1.807) is 12.1 Å². The van der Waals surface area contributed by atoms with E-state index in [9.17, 15) is 13.6 Å². The van der Waals surface area contributed by atoms with Crippen LogP contribution in [0, 0.1) is 0 Å². The van der Waals surface area contributed by atoms with Crippen LogP contribution in [-0.4, -0.2) is 47.4 Å². The number of hydrogen-bond acceptors (Lipinski definition) is 5. The fourth-order valence-corrected chi connectivity index (χ4v) is 4.90. The first-order valence-corrected chi connectivity index (χ1v) is 11.7. The zero-order valence-corrected chi connectivity index (χ0v) is 20.4. The van der Waals surface area contributed by atoms with E-state index in [-0.39, 0.29) is 11.7 Å². The van der Waals surface area contributed by atoms with Gasteiger partial charge in [0.2, 0.25) is 0 Å². The molecule has 0 aliphatic carbocycles. The maximum absolute atomic E-state index is 13.3. The molecule has 1 aromatic heterocycles. The molecule has 2 aromatic carbocycles. The van der Waals surface area contributed by atoms with Crippen LogP contribution in [0.15, 0.2) is 36.4 Å². The number of carbonyl (C=O) groups excluding carboxylic acids is 1. The molecule has 1 saturated heterocycles. The van der Waals surface area contributed by atoms with Gasteiger partial charge in [0.05, 0.1) is 28.3 Å². The number of fused-ring (bicyclic) bond motifs is 3. The molecule has 5 rings (SSSR count). The number of nitrogens with zero attached hydrogens (tertiary/aromatic N) is 2. The van der Waals surface area contributed by atoms with Crippen molar-refractivity contribution in [3.8, 4) is 5.75 Å². The van der Waals surface area contributed by atoms with Crippen LogP contribution in [0.1, 0.15) is 61.9 Å². The van der Waals surface area contributed by atoms with E-state index >= 15 is 0 Å². The van der Waals surface area contributed by atoms with Crippen molar-refractivity contribution < 1.29 is 27.6 Å². The zero-order chi connectivity index (χ0) is 25.1. The number of hydrogen-bond donors (Lipinski definition) is 1. The van der Waals surface area contributed by atoms with Gasteiger partial charge in [-0.15, -0.1) is 0 Å². The second kappa shape index (κ2) is 8.31. The molecule has 0 unspecified atom stereocenters. The third kappa shape index (κ3) is 3.88. The normalized spacial score (nSPS) is 20.5. The first kappa shape index (κ1) is 23.8. The van der Waals surface area contributed by atoms with Gasteiger partial charge in [-0.1, -0.05) is 12.1 Å². The van der Waals surface area contributed by atoms with Crippen LogP contribution < -0.4 is 15.5 Å². The van der Waals surface area contributed by atoms with Gasteiger partial charge in [0.1, 0.15) is 11.6 Å². The topological polar surface area (TPSA) is 74.6 Å². The number of carbonyl (C=O) groups is 1. The smallest absolute Gasteiger partial charge is 0.434 e. The predicted molar refractivity (Wildman–Crippen MR) is 128 cm³/mol. The minimum atomic E-state index is -3.01. The van der Waals surface area contributed by atoms with E-state index in [2.05, 4.69) is 5.32 Å². The molecule has 3 aromatic rings. The van der Waals surface area contributed by atoms with E-state index in [1.165, 1.54) is 13.1 Å². The molecule has 35 heavy (non-hydrogen) atoms. The van der Waals surface area contributed by atoms with Crippen LogP contribution in [0.5, 0.6) is 5.75 Å². The van der Waals surface area contributed by atoms with Crippen molar-refractivity contribution >= 4 is 29.5 Å². The van der Waals surface area contributed by atoms with Crippen molar-refractivity contribution in [3.63, 3.8) is 0 Å². The molecule has 10 heteroatoms. The van der Waals surface area contributed by atoms with Gasteiger partial charge in [0.25, 0.3) is 5.91 Å². The number of rotatable bonds is 5. The Morgan fingerprint density at radius 1 is 1.20 bits per heavy atom. The highest BCUT2D eigenvalue weighted by molar-refractivity contribution is 6.62. The van der Waals surface area contributed by atoms with E-state index in [0.717, 1.165) is 22.3 Å². The summed E-state index contributed by atoms with van der Waals surface area (Å²) in [4.78, 5) is 17.5. The monoisotopic (exact) mass is 483 g/mol. The molecule has 2 aliphatic rings. The number of alkyl halides is 2. The fraction of sp³-hybridized carbons (Fsp3) is 0.440. The Balaban J connectivity index is 1.63. The minimum Gasteiger partial charge on any atom is -0.434 e. The fourth-order valence-electron chi connectivity index (χ4n) is 4.90. The summed E-state index contributed by atoms with van der Waals surface area (Å²) in [6.45, 7) is 4.98. The van der Waals surface area contributed by atoms with Crippen LogP contribution >= 0.6 is 0 Å². The van der Waals surface area contributed by atoms with Gasteiger partial charge in [0, 0.05) is 24.6 Å². The summed E-state index contributed by atoms with van der Waals surface area (Å²) in [5.41, 5.74) is 2.19. The second-order valence-electron chi connectivity index (χ2n) is 9.96.